The molecule has 1 aliphatic rings. The zero-order valence-electron chi connectivity index (χ0n) is 14.2. The van der Waals surface area contributed by atoms with Crippen LogP contribution >= 0.6 is 15.9 Å². The standard InChI is InChI=1S/C21H15BrN2O3/c22-15-8-5-13(6-9-15)12-27-19-10-7-14-3-1-2-4-16(14)17(19)11-18-20(25)24-21(26)23-18/h1-11H,12H2,(H2,23,24,25,26)/b18-11+. The lowest BCUT2D eigenvalue weighted by Crippen LogP contribution is -2.22. The number of fused-ring (bicyclic) bond motifs is 1. The van der Waals surface area contributed by atoms with E-state index in [0.29, 0.717) is 12.4 Å². The van der Waals surface area contributed by atoms with Crippen molar-refractivity contribution in [1.29, 1.82) is 0 Å². The number of nitrogens with one attached hydrogen (secondary N) is 2. The maximum absolute atomic E-state index is 11.9. The number of hydrogen-bond donors (Lipinski definition) is 2. The van der Waals surface area contributed by atoms with Crippen LogP contribution in [0.15, 0.2) is 70.8 Å². The molecule has 0 saturated carbocycles. The van der Waals surface area contributed by atoms with Crippen molar-refractivity contribution in [3.8, 4) is 5.75 Å². The molecule has 3 aromatic rings. The maximum Gasteiger partial charge on any atom is 0.326 e. The lowest BCUT2D eigenvalue weighted by atomic mass is 10.0. The fraction of sp³-hybridized carbons (Fsp3) is 0.0476. The summed E-state index contributed by atoms with van der Waals surface area (Å²) < 4.78 is 7.04. The lowest BCUT2D eigenvalue weighted by Gasteiger charge is -2.13. The van der Waals surface area contributed by atoms with Crippen LogP contribution in [0, 0.1) is 0 Å². The zero-order valence-corrected chi connectivity index (χ0v) is 15.7. The highest BCUT2D eigenvalue weighted by Gasteiger charge is 2.23. The quantitative estimate of drug-likeness (QED) is 0.484. The van der Waals surface area contributed by atoms with Crippen LogP contribution in [0.5, 0.6) is 5.75 Å². The van der Waals surface area contributed by atoms with Gasteiger partial charge in [0.15, 0.2) is 0 Å². The number of hydrogen-bond acceptors (Lipinski definition) is 3. The molecule has 0 spiro atoms. The minimum atomic E-state index is -0.524. The highest BCUT2D eigenvalue weighted by atomic mass is 79.9. The summed E-state index contributed by atoms with van der Waals surface area (Å²) in [6, 6.07) is 19.0. The minimum Gasteiger partial charge on any atom is -0.488 e. The Kier molecular flexibility index (Phi) is 4.64. The van der Waals surface area contributed by atoms with Gasteiger partial charge in [0.1, 0.15) is 18.1 Å². The SMILES string of the molecule is O=C1NC(=O)/C(=C\c2c(OCc3ccc(Br)cc3)ccc3ccccc23)N1. The minimum absolute atomic E-state index is 0.199. The molecule has 1 heterocycles. The molecule has 0 radical (unpaired) electrons. The van der Waals surface area contributed by atoms with Gasteiger partial charge in [-0.25, -0.2) is 4.79 Å². The largest absolute Gasteiger partial charge is 0.488 e. The number of carbonyl (C=O) groups is 2. The molecule has 5 nitrogen and oxygen atoms in total. The summed E-state index contributed by atoms with van der Waals surface area (Å²) in [6.45, 7) is 0.389. The molecule has 0 aromatic heterocycles. The maximum atomic E-state index is 11.9. The van der Waals surface area contributed by atoms with Gasteiger partial charge in [-0.05, 0) is 40.6 Å². The molecule has 1 saturated heterocycles. The second-order valence-electron chi connectivity index (χ2n) is 6.08. The first-order valence-electron chi connectivity index (χ1n) is 8.33. The monoisotopic (exact) mass is 422 g/mol. The molecule has 0 unspecified atom stereocenters. The summed E-state index contributed by atoms with van der Waals surface area (Å²) >= 11 is 3.42. The van der Waals surface area contributed by atoms with Crippen LogP contribution in [0.3, 0.4) is 0 Å². The Morgan fingerprint density at radius 2 is 1.70 bits per heavy atom. The lowest BCUT2D eigenvalue weighted by molar-refractivity contribution is -0.115. The van der Waals surface area contributed by atoms with Crippen molar-refractivity contribution in [2.45, 2.75) is 6.61 Å². The summed E-state index contributed by atoms with van der Waals surface area (Å²) in [5, 5.41) is 6.70. The van der Waals surface area contributed by atoms with Gasteiger partial charge in [-0.3, -0.25) is 10.1 Å². The average Bonchev–Trinajstić information content (AvgIpc) is 2.99. The van der Waals surface area contributed by atoms with E-state index in [9.17, 15) is 9.59 Å². The number of carbonyl (C=O) groups excluding carboxylic acids is 2. The Labute approximate surface area is 164 Å². The summed E-state index contributed by atoms with van der Waals surface area (Å²) in [6.07, 6.45) is 1.65. The van der Waals surface area contributed by atoms with Gasteiger partial charge < -0.3 is 10.1 Å². The zero-order chi connectivity index (χ0) is 18.8. The van der Waals surface area contributed by atoms with Crippen LogP contribution < -0.4 is 15.4 Å². The van der Waals surface area contributed by atoms with Crippen LogP contribution in [-0.2, 0) is 11.4 Å². The third-order valence-corrected chi connectivity index (χ3v) is 4.78. The molecule has 1 aliphatic heterocycles. The van der Waals surface area contributed by atoms with Crippen molar-refractivity contribution in [3.63, 3.8) is 0 Å². The van der Waals surface area contributed by atoms with Gasteiger partial charge in [0.2, 0.25) is 0 Å². The highest BCUT2D eigenvalue weighted by Crippen LogP contribution is 2.31. The van der Waals surface area contributed by atoms with Crippen LogP contribution in [0.25, 0.3) is 16.8 Å². The van der Waals surface area contributed by atoms with Gasteiger partial charge in [-0.1, -0.05) is 58.4 Å². The first kappa shape index (κ1) is 17.3. The molecule has 1 fully saturated rings. The Morgan fingerprint density at radius 1 is 0.926 bits per heavy atom. The smallest absolute Gasteiger partial charge is 0.326 e. The van der Waals surface area contributed by atoms with Gasteiger partial charge in [-0.2, -0.15) is 0 Å². The molecule has 2 N–H and O–H groups in total. The van der Waals surface area contributed by atoms with E-state index in [1.165, 1.54) is 0 Å². The van der Waals surface area contributed by atoms with Crippen molar-refractivity contribution in [3.05, 3.63) is 82.0 Å². The number of urea groups is 1. The normalized spacial score (nSPS) is 15.1. The average molecular weight is 423 g/mol. The number of halogens is 1. The topological polar surface area (TPSA) is 67.4 Å². The second-order valence-corrected chi connectivity index (χ2v) is 7.00. The summed E-state index contributed by atoms with van der Waals surface area (Å²) in [5.41, 5.74) is 1.97. The second kappa shape index (κ2) is 7.25. The van der Waals surface area contributed by atoms with Crippen molar-refractivity contribution in [2.24, 2.45) is 0 Å². The van der Waals surface area contributed by atoms with E-state index in [0.717, 1.165) is 26.4 Å². The van der Waals surface area contributed by atoms with E-state index in [4.69, 9.17) is 4.74 Å². The van der Waals surface area contributed by atoms with E-state index >= 15 is 0 Å². The molecule has 3 amide bonds. The van der Waals surface area contributed by atoms with Crippen LogP contribution in [0.1, 0.15) is 11.1 Å². The highest BCUT2D eigenvalue weighted by molar-refractivity contribution is 9.10. The predicted molar refractivity (Wildman–Crippen MR) is 107 cm³/mol. The van der Waals surface area contributed by atoms with E-state index in [1.807, 2.05) is 60.7 Å². The van der Waals surface area contributed by atoms with Crippen molar-refractivity contribution >= 4 is 44.7 Å². The fourth-order valence-corrected chi connectivity index (χ4v) is 3.18. The fourth-order valence-electron chi connectivity index (χ4n) is 2.92. The summed E-state index contributed by atoms with van der Waals surface area (Å²) in [4.78, 5) is 23.4. The van der Waals surface area contributed by atoms with E-state index in [-0.39, 0.29) is 5.70 Å². The molecular formula is C21H15BrN2O3. The van der Waals surface area contributed by atoms with Crippen molar-refractivity contribution in [2.75, 3.05) is 0 Å². The van der Waals surface area contributed by atoms with Crippen molar-refractivity contribution < 1.29 is 14.3 Å². The Bertz CT molecular complexity index is 1070. The van der Waals surface area contributed by atoms with E-state index in [1.54, 1.807) is 6.08 Å². The molecule has 3 aromatic carbocycles. The van der Waals surface area contributed by atoms with Gasteiger partial charge in [0.25, 0.3) is 5.91 Å². The van der Waals surface area contributed by atoms with Gasteiger partial charge in [0.05, 0.1) is 0 Å². The summed E-state index contributed by atoms with van der Waals surface area (Å²) in [5.74, 6) is 0.185. The van der Waals surface area contributed by atoms with Gasteiger partial charge >= 0.3 is 6.03 Å². The Morgan fingerprint density at radius 3 is 2.44 bits per heavy atom. The number of benzene rings is 3. The predicted octanol–water partition coefficient (Wildman–Crippen LogP) is 4.36. The van der Waals surface area contributed by atoms with Gasteiger partial charge in [0, 0.05) is 10.0 Å². The summed E-state index contributed by atoms with van der Waals surface area (Å²) in [7, 11) is 0. The Hall–Kier alpha value is -3.12. The van der Waals surface area contributed by atoms with Crippen LogP contribution in [-0.4, -0.2) is 11.9 Å². The van der Waals surface area contributed by atoms with Crippen LogP contribution in [0.2, 0.25) is 0 Å². The number of rotatable bonds is 4. The van der Waals surface area contributed by atoms with Crippen LogP contribution in [0.4, 0.5) is 4.79 Å². The first-order chi connectivity index (χ1) is 13.1. The van der Waals surface area contributed by atoms with Gasteiger partial charge in [-0.15, -0.1) is 0 Å². The molecule has 4 rings (SSSR count). The molecule has 0 bridgehead atoms. The third kappa shape index (κ3) is 3.71. The Balaban J connectivity index is 1.73. The third-order valence-electron chi connectivity index (χ3n) is 4.25. The molecule has 134 valence electrons. The van der Waals surface area contributed by atoms with E-state index in [2.05, 4.69) is 26.6 Å². The number of amides is 3. The number of ether oxygens (including phenoxy) is 1. The molecular weight excluding hydrogens is 408 g/mol. The molecule has 27 heavy (non-hydrogen) atoms. The molecule has 6 heteroatoms. The van der Waals surface area contributed by atoms with E-state index < -0.39 is 11.9 Å². The number of imide groups is 1. The molecule has 0 aliphatic carbocycles. The van der Waals surface area contributed by atoms with Crippen molar-refractivity contribution in [1.82, 2.24) is 10.6 Å². The first-order valence-corrected chi connectivity index (χ1v) is 9.12. The molecule has 0 atom stereocenters.